The molecule has 2 aliphatic rings. The second kappa shape index (κ2) is 11.2. The van der Waals surface area contributed by atoms with E-state index < -0.39 is 6.04 Å². The molecular weight excluding hydrogens is 396 g/mol. The van der Waals surface area contributed by atoms with Crippen LogP contribution in [0.1, 0.15) is 83.1 Å². The van der Waals surface area contributed by atoms with E-state index in [9.17, 15) is 9.59 Å². The van der Waals surface area contributed by atoms with Crippen LogP contribution in [0.15, 0.2) is 24.3 Å². The number of carbonyl (C=O) groups is 2. The minimum absolute atomic E-state index is 0.0524. The molecule has 3 rings (SSSR count). The van der Waals surface area contributed by atoms with Crippen LogP contribution in [0.5, 0.6) is 0 Å². The Labute approximate surface area is 186 Å². The highest BCUT2D eigenvalue weighted by molar-refractivity contribution is 6.30. The summed E-state index contributed by atoms with van der Waals surface area (Å²) in [6, 6.07) is 7.67. The highest BCUT2D eigenvalue weighted by atomic mass is 35.5. The number of amides is 2. The molecule has 0 spiro atoms. The van der Waals surface area contributed by atoms with E-state index in [-0.39, 0.29) is 17.7 Å². The summed E-state index contributed by atoms with van der Waals surface area (Å²) in [4.78, 5) is 28.0. The van der Waals surface area contributed by atoms with Crippen LogP contribution < -0.4 is 5.32 Å². The number of benzene rings is 1. The third kappa shape index (κ3) is 6.23. The SMILES string of the molecule is CC[C@@H](C)[C@@H](NC(=O)CC1CCCCC1)C(=O)N1CCC(c2ccc(Cl)cc2)CC1. The molecule has 2 atom stereocenters. The highest BCUT2D eigenvalue weighted by Gasteiger charge is 2.33. The molecule has 1 aliphatic heterocycles. The van der Waals surface area contributed by atoms with Gasteiger partial charge in [0, 0.05) is 24.5 Å². The second-order valence-corrected chi connectivity index (χ2v) is 9.73. The van der Waals surface area contributed by atoms with Crippen molar-refractivity contribution >= 4 is 23.4 Å². The lowest BCUT2D eigenvalue weighted by molar-refractivity contribution is -0.139. The fraction of sp³-hybridized carbons (Fsp3) is 0.680. The average molecular weight is 433 g/mol. The molecular formula is C25H37ClN2O2. The van der Waals surface area contributed by atoms with Gasteiger partial charge in [-0.1, -0.05) is 63.3 Å². The smallest absolute Gasteiger partial charge is 0.245 e. The van der Waals surface area contributed by atoms with Gasteiger partial charge >= 0.3 is 0 Å². The zero-order valence-corrected chi connectivity index (χ0v) is 19.3. The Kier molecular flexibility index (Phi) is 8.61. The minimum Gasteiger partial charge on any atom is -0.344 e. The van der Waals surface area contributed by atoms with Gasteiger partial charge in [0.15, 0.2) is 0 Å². The monoisotopic (exact) mass is 432 g/mol. The molecule has 0 radical (unpaired) electrons. The summed E-state index contributed by atoms with van der Waals surface area (Å²) in [7, 11) is 0. The first-order valence-corrected chi connectivity index (χ1v) is 12.2. The Morgan fingerprint density at radius 3 is 2.30 bits per heavy atom. The summed E-state index contributed by atoms with van der Waals surface area (Å²) in [5.74, 6) is 1.24. The molecule has 1 aliphatic carbocycles. The van der Waals surface area contributed by atoms with Crippen LogP contribution in [0.25, 0.3) is 0 Å². The van der Waals surface area contributed by atoms with Crippen LogP contribution in [0, 0.1) is 11.8 Å². The fourth-order valence-electron chi connectivity index (χ4n) is 4.93. The number of halogens is 1. The van der Waals surface area contributed by atoms with Crippen molar-refractivity contribution in [2.75, 3.05) is 13.1 Å². The average Bonchev–Trinajstić information content (AvgIpc) is 2.78. The van der Waals surface area contributed by atoms with E-state index in [1.54, 1.807) is 0 Å². The molecule has 5 heteroatoms. The van der Waals surface area contributed by atoms with Crippen molar-refractivity contribution in [3.8, 4) is 0 Å². The van der Waals surface area contributed by atoms with E-state index in [0.717, 1.165) is 50.2 Å². The normalized spacial score (nSPS) is 20.6. The third-order valence-electron chi connectivity index (χ3n) is 7.14. The van der Waals surface area contributed by atoms with E-state index in [2.05, 4.69) is 31.3 Å². The summed E-state index contributed by atoms with van der Waals surface area (Å²) in [5, 5.41) is 3.87. The number of carbonyl (C=O) groups excluding carboxylic acids is 2. The summed E-state index contributed by atoms with van der Waals surface area (Å²) in [6.45, 7) is 5.66. The first-order chi connectivity index (χ1) is 14.5. The molecule has 1 aromatic rings. The van der Waals surface area contributed by atoms with Crippen LogP contribution in [-0.4, -0.2) is 35.8 Å². The molecule has 30 heavy (non-hydrogen) atoms. The summed E-state index contributed by atoms with van der Waals surface area (Å²) in [5.41, 5.74) is 1.30. The Bertz CT molecular complexity index is 692. The molecule has 1 saturated carbocycles. The number of nitrogens with zero attached hydrogens (tertiary/aromatic N) is 1. The minimum atomic E-state index is -0.404. The predicted octanol–water partition coefficient (Wildman–Crippen LogP) is 5.55. The number of likely N-dealkylation sites (tertiary alicyclic amines) is 1. The van der Waals surface area contributed by atoms with Gasteiger partial charge in [0.25, 0.3) is 0 Å². The summed E-state index contributed by atoms with van der Waals surface area (Å²) >= 11 is 6.01. The number of nitrogens with one attached hydrogen (secondary N) is 1. The quantitative estimate of drug-likeness (QED) is 0.614. The van der Waals surface area contributed by atoms with Gasteiger partial charge in [-0.15, -0.1) is 0 Å². The van der Waals surface area contributed by atoms with Crippen LogP contribution in [0.2, 0.25) is 5.02 Å². The van der Waals surface area contributed by atoms with Gasteiger partial charge < -0.3 is 10.2 Å². The Morgan fingerprint density at radius 2 is 1.70 bits per heavy atom. The van der Waals surface area contributed by atoms with Gasteiger partial charge in [-0.2, -0.15) is 0 Å². The second-order valence-electron chi connectivity index (χ2n) is 9.29. The lowest BCUT2D eigenvalue weighted by Gasteiger charge is -2.36. The van der Waals surface area contributed by atoms with Crippen molar-refractivity contribution in [3.63, 3.8) is 0 Å². The van der Waals surface area contributed by atoms with Gasteiger partial charge in [0.05, 0.1) is 0 Å². The van der Waals surface area contributed by atoms with Crippen molar-refractivity contribution < 1.29 is 9.59 Å². The molecule has 0 aromatic heterocycles. The first kappa shape index (κ1) is 23.1. The number of piperidine rings is 1. The van der Waals surface area contributed by atoms with Gasteiger partial charge in [-0.05, 0) is 61.1 Å². The van der Waals surface area contributed by atoms with E-state index in [4.69, 9.17) is 11.6 Å². The predicted molar refractivity (Wildman–Crippen MR) is 123 cm³/mol. The Morgan fingerprint density at radius 1 is 1.07 bits per heavy atom. The molecule has 2 amide bonds. The largest absolute Gasteiger partial charge is 0.344 e. The van der Waals surface area contributed by atoms with Crippen LogP contribution in [-0.2, 0) is 9.59 Å². The van der Waals surface area contributed by atoms with E-state index in [1.165, 1.54) is 24.8 Å². The van der Waals surface area contributed by atoms with Crippen LogP contribution in [0.4, 0.5) is 0 Å². The number of hydrogen-bond acceptors (Lipinski definition) is 2. The Balaban J connectivity index is 1.55. The maximum absolute atomic E-state index is 13.3. The van der Waals surface area contributed by atoms with E-state index in [1.807, 2.05) is 17.0 Å². The van der Waals surface area contributed by atoms with Crippen LogP contribution in [0.3, 0.4) is 0 Å². The third-order valence-corrected chi connectivity index (χ3v) is 7.39. The van der Waals surface area contributed by atoms with Gasteiger partial charge in [0.1, 0.15) is 6.04 Å². The zero-order chi connectivity index (χ0) is 21.5. The molecule has 0 bridgehead atoms. The molecule has 1 N–H and O–H groups in total. The maximum Gasteiger partial charge on any atom is 0.245 e. The fourth-order valence-corrected chi connectivity index (χ4v) is 5.06. The molecule has 166 valence electrons. The molecule has 1 aromatic carbocycles. The van der Waals surface area contributed by atoms with Crippen molar-refractivity contribution in [2.45, 2.75) is 83.6 Å². The van der Waals surface area contributed by atoms with Gasteiger partial charge in [-0.25, -0.2) is 0 Å². The molecule has 1 saturated heterocycles. The van der Waals surface area contributed by atoms with Crippen molar-refractivity contribution in [3.05, 3.63) is 34.9 Å². The lowest BCUT2D eigenvalue weighted by Crippen LogP contribution is -2.53. The van der Waals surface area contributed by atoms with Gasteiger partial charge in [0.2, 0.25) is 11.8 Å². The zero-order valence-electron chi connectivity index (χ0n) is 18.5. The highest BCUT2D eigenvalue weighted by Crippen LogP contribution is 2.30. The Hall–Kier alpha value is -1.55. The molecule has 2 fully saturated rings. The maximum atomic E-state index is 13.3. The summed E-state index contributed by atoms with van der Waals surface area (Å²) in [6.07, 6.45) is 9.40. The first-order valence-electron chi connectivity index (χ1n) is 11.8. The van der Waals surface area contributed by atoms with E-state index in [0.29, 0.717) is 18.3 Å². The molecule has 0 unspecified atom stereocenters. The number of hydrogen-bond donors (Lipinski definition) is 1. The molecule has 1 heterocycles. The standard InChI is InChI=1S/C25H37ClN2O2/c1-3-18(2)24(27-23(29)17-19-7-5-4-6-8-19)25(30)28-15-13-21(14-16-28)20-9-11-22(26)12-10-20/h9-12,18-19,21,24H,3-8,13-17H2,1-2H3,(H,27,29)/t18-,24-/m1/s1. The summed E-state index contributed by atoms with van der Waals surface area (Å²) < 4.78 is 0. The van der Waals surface area contributed by atoms with Crippen LogP contribution >= 0.6 is 11.6 Å². The number of rotatable bonds is 7. The van der Waals surface area contributed by atoms with Crippen molar-refractivity contribution in [1.82, 2.24) is 10.2 Å². The van der Waals surface area contributed by atoms with E-state index >= 15 is 0 Å². The van der Waals surface area contributed by atoms with Gasteiger partial charge in [-0.3, -0.25) is 9.59 Å². The molecule has 4 nitrogen and oxygen atoms in total. The lowest BCUT2D eigenvalue weighted by atomic mass is 9.86. The topological polar surface area (TPSA) is 49.4 Å². The van der Waals surface area contributed by atoms with Crippen molar-refractivity contribution in [2.24, 2.45) is 11.8 Å². The van der Waals surface area contributed by atoms with Crippen molar-refractivity contribution in [1.29, 1.82) is 0 Å².